The highest BCUT2D eigenvalue weighted by Crippen LogP contribution is 2.37. The van der Waals surface area contributed by atoms with Gasteiger partial charge in [0.05, 0.1) is 23.6 Å². The smallest absolute Gasteiger partial charge is 0.410 e. The Bertz CT molecular complexity index is 1130. The van der Waals surface area contributed by atoms with Crippen LogP contribution in [0.1, 0.15) is 38.2 Å². The number of amides is 1. The molecular formula is C22H22BrF2N3O3. The zero-order chi connectivity index (χ0) is 22.3. The van der Waals surface area contributed by atoms with Crippen molar-refractivity contribution in [2.45, 2.75) is 45.6 Å². The summed E-state index contributed by atoms with van der Waals surface area (Å²) in [6.07, 6.45) is -0.482. The van der Waals surface area contributed by atoms with Crippen LogP contribution in [0.25, 0.3) is 11.0 Å². The van der Waals surface area contributed by atoms with E-state index in [4.69, 9.17) is 14.5 Å². The summed E-state index contributed by atoms with van der Waals surface area (Å²) in [5.74, 6) is 0.707. The Kier molecular flexibility index (Phi) is 5.63. The molecule has 0 N–H and O–H groups in total. The third kappa shape index (κ3) is 4.51. The van der Waals surface area contributed by atoms with Gasteiger partial charge in [-0.25, -0.2) is 9.78 Å². The summed E-state index contributed by atoms with van der Waals surface area (Å²) in [5.41, 5.74) is 1.47. The van der Waals surface area contributed by atoms with Gasteiger partial charge >= 0.3 is 12.7 Å². The number of ether oxygens (including phenoxy) is 2. The van der Waals surface area contributed by atoms with Gasteiger partial charge in [0.15, 0.2) is 0 Å². The molecule has 1 atom stereocenters. The quantitative estimate of drug-likeness (QED) is 0.466. The molecule has 0 saturated carbocycles. The molecule has 31 heavy (non-hydrogen) atoms. The fourth-order valence-corrected chi connectivity index (χ4v) is 4.11. The number of aromatic nitrogens is 2. The van der Waals surface area contributed by atoms with Gasteiger partial charge in [-0.15, -0.1) is 0 Å². The number of carbonyl (C=O) groups is 1. The number of imidazole rings is 1. The molecule has 0 radical (unpaired) electrons. The van der Waals surface area contributed by atoms with E-state index in [2.05, 4.69) is 15.9 Å². The standard InChI is InChI=1S/C22H22BrF2N3O3/c1-22(2,3)31-21(29)27-11-17(14-6-4-5-7-18(14)30-20(24)25)28-16-10-13(23)8-9-15(16)26-19(28)12-27/h4-10,17,20H,11-12H2,1-3H3. The second-order valence-corrected chi connectivity index (χ2v) is 9.24. The molecule has 0 fully saturated rings. The van der Waals surface area contributed by atoms with Crippen molar-refractivity contribution in [3.8, 4) is 5.75 Å². The number of hydrogen-bond acceptors (Lipinski definition) is 4. The van der Waals surface area contributed by atoms with Gasteiger partial charge in [-0.3, -0.25) is 4.90 Å². The third-order valence-electron chi connectivity index (χ3n) is 4.91. The van der Waals surface area contributed by atoms with Crippen LogP contribution in [0.4, 0.5) is 13.6 Å². The molecule has 1 aromatic heterocycles. The molecule has 0 saturated heterocycles. The molecule has 0 aliphatic carbocycles. The fourth-order valence-electron chi connectivity index (χ4n) is 3.76. The maximum Gasteiger partial charge on any atom is 0.410 e. The van der Waals surface area contributed by atoms with Crippen molar-refractivity contribution in [1.29, 1.82) is 0 Å². The lowest BCUT2D eigenvalue weighted by Crippen LogP contribution is -2.44. The van der Waals surface area contributed by atoms with E-state index in [9.17, 15) is 13.6 Å². The van der Waals surface area contributed by atoms with E-state index in [1.54, 1.807) is 43.9 Å². The van der Waals surface area contributed by atoms with Crippen LogP contribution >= 0.6 is 15.9 Å². The van der Waals surface area contributed by atoms with E-state index in [-0.39, 0.29) is 18.8 Å². The molecule has 4 rings (SSSR count). The van der Waals surface area contributed by atoms with Gasteiger partial charge in [0.1, 0.15) is 17.2 Å². The van der Waals surface area contributed by atoms with Crippen molar-refractivity contribution in [3.63, 3.8) is 0 Å². The van der Waals surface area contributed by atoms with Crippen molar-refractivity contribution in [2.24, 2.45) is 0 Å². The number of hydrogen-bond donors (Lipinski definition) is 0. The number of benzene rings is 2. The number of alkyl halides is 2. The number of carbonyl (C=O) groups excluding carboxylic acids is 1. The normalized spacial score (nSPS) is 16.5. The number of fused-ring (bicyclic) bond motifs is 3. The molecule has 164 valence electrons. The lowest BCUT2D eigenvalue weighted by Gasteiger charge is -2.36. The summed E-state index contributed by atoms with van der Waals surface area (Å²) in [6, 6.07) is 11.8. The Hall–Kier alpha value is -2.68. The van der Waals surface area contributed by atoms with E-state index in [0.717, 1.165) is 15.5 Å². The average molecular weight is 494 g/mol. The highest BCUT2D eigenvalue weighted by Gasteiger charge is 2.35. The van der Waals surface area contributed by atoms with Gasteiger partial charge in [0, 0.05) is 16.6 Å². The van der Waals surface area contributed by atoms with Gasteiger partial charge in [0.25, 0.3) is 0 Å². The average Bonchev–Trinajstić information content (AvgIpc) is 3.04. The second kappa shape index (κ2) is 8.11. The van der Waals surface area contributed by atoms with E-state index in [1.807, 2.05) is 22.8 Å². The Labute approximate surface area is 186 Å². The van der Waals surface area contributed by atoms with Crippen LogP contribution in [-0.4, -0.2) is 39.3 Å². The predicted octanol–water partition coefficient (Wildman–Crippen LogP) is 5.74. The van der Waals surface area contributed by atoms with Crippen LogP contribution in [0.3, 0.4) is 0 Å². The number of nitrogens with zero attached hydrogens (tertiary/aromatic N) is 3. The highest BCUT2D eigenvalue weighted by atomic mass is 79.9. The zero-order valence-corrected chi connectivity index (χ0v) is 18.9. The van der Waals surface area contributed by atoms with Crippen LogP contribution in [-0.2, 0) is 11.3 Å². The molecule has 0 spiro atoms. The number of rotatable bonds is 3. The predicted molar refractivity (Wildman–Crippen MR) is 115 cm³/mol. The first-order valence-corrected chi connectivity index (χ1v) is 10.6. The van der Waals surface area contributed by atoms with Crippen LogP contribution in [0.15, 0.2) is 46.9 Å². The Balaban J connectivity index is 1.84. The number of halogens is 3. The van der Waals surface area contributed by atoms with Gasteiger partial charge < -0.3 is 14.0 Å². The SMILES string of the molecule is CC(C)(C)OC(=O)N1Cc2nc3ccc(Br)cc3n2C(c2ccccc2OC(F)F)C1. The van der Waals surface area contributed by atoms with E-state index >= 15 is 0 Å². The summed E-state index contributed by atoms with van der Waals surface area (Å²) >= 11 is 3.49. The first-order valence-electron chi connectivity index (χ1n) is 9.80. The summed E-state index contributed by atoms with van der Waals surface area (Å²) in [5, 5.41) is 0. The third-order valence-corrected chi connectivity index (χ3v) is 5.40. The fraction of sp³-hybridized carbons (Fsp3) is 0.364. The van der Waals surface area contributed by atoms with Gasteiger partial charge in [-0.1, -0.05) is 34.1 Å². The summed E-state index contributed by atoms with van der Waals surface area (Å²) in [7, 11) is 0. The van der Waals surface area contributed by atoms with Crippen molar-refractivity contribution >= 4 is 33.1 Å². The first-order chi connectivity index (χ1) is 14.6. The van der Waals surface area contributed by atoms with Crippen molar-refractivity contribution < 1.29 is 23.0 Å². The molecule has 1 unspecified atom stereocenters. The maximum absolute atomic E-state index is 13.1. The number of para-hydroxylation sites is 1. The van der Waals surface area contributed by atoms with Crippen LogP contribution < -0.4 is 4.74 Å². The van der Waals surface area contributed by atoms with E-state index in [1.165, 1.54) is 6.07 Å². The zero-order valence-electron chi connectivity index (χ0n) is 17.3. The Morgan fingerprint density at radius 3 is 2.68 bits per heavy atom. The summed E-state index contributed by atoms with van der Waals surface area (Å²) < 4.78 is 39.3. The second-order valence-electron chi connectivity index (χ2n) is 8.32. The minimum Gasteiger partial charge on any atom is -0.444 e. The highest BCUT2D eigenvalue weighted by molar-refractivity contribution is 9.10. The van der Waals surface area contributed by atoms with Crippen molar-refractivity contribution in [1.82, 2.24) is 14.5 Å². The molecule has 1 aliphatic heterocycles. The minimum absolute atomic E-state index is 0.0661. The maximum atomic E-state index is 13.1. The van der Waals surface area contributed by atoms with Gasteiger partial charge in [0.2, 0.25) is 0 Å². The van der Waals surface area contributed by atoms with Gasteiger partial charge in [-0.05, 0) is 45.0 Å². The van der Waals surface area contributed by atoms with Gasteiger partial charge in [-0.2, -0.15) is 8.78 Å². The topological polar surface area (TPSA) is 56.6 Å². The van der Waals surface area contributed by atoms with Crippen molar-refractivity contribution in [2.75, 3.05) is 6.54 Å². The van der Waals surface area contributed by atoms with Crippen LogP contribution in [0.5, 0.6) is 5.75 Å². The Morgan fingerprint density at radius 2 is 1.97 bits per heavy atom. The molecule has 3 aromatic rings. The van der Waals surface area contributed by atoms with Crippen LogP contribution in [0, 0.1) is 0 Å². The molecule has 1 amide bonds. The van der Waals surface area contributed by atoms with E-state index < -0.39 is 24.3 Å². The molecule has 2 aromatic carbocycles. The first kappa shape index (κ1) is 21.5. The molecule has 0 bridgehead atoms. The van der Waals surface area contributed by atoms with Crippen molar-refractivity contribution in [3.05, 3.63) is 58.3 Å². The molecule has 2 heterocycles. The monoisotopic (exact) mass is 493 g/mol. The van der Waals surface area contributed by atoms with Crippen LogP contribution in [0.2, 0.25) is 0 Å². The largest absolute Gasteiger partial charge is 0.444 e. The molecule has 1 aliphatic rings. The molecular weight excluding hydrogens is 472 g/mol. The minimum atomic E-state index is -2.96. The molecule has 6 nitrogen and oxygen atoms in total. The molecule has 9 heteroatoms. The Morgan fingerprint density at radius 1 is 1.23 bits per heavy atom. The van der Waals surface area contributed by atoms with E-state index in [0.29, 0.717) is 11.4 Å². The summed E-state index contributed by atoms with van der Waals surface area (Å²) in [6.45, 7) is 2.90. The lowest BCUT2D eigenvalue weighted by atomic mass is 10.0. The summed E-state index contributed by atoms with van der Waals surface area (Å²) in [4.78, 5) is 19.1. The lowest BCUT2D eigenvalue weighted by molar-refractivity contribution is -0.0509.